The zero-order chi connectivity index (χ0) is 22.2. The predicted molar refractivity (Wildman–Crippen MR) is 130 cm³/mol. The molecule has 0 unspecified atom stereocenters. The van der Waals surface area contributed by atoms with E-state index in [1.165, 1.54) is 44.9 Å². The topological polar surface area (TPSA) is 50.7 Å². The molecule has 0 aromatic heterocycles. The van der Waals surface area contributed by atoms with Crippen LogP contribution in [0.1, 0.15) is 94.0 Å². The highest BCUT2D eigenvalue weighted by molar-refractivity contribution is 6.02. The van der Waals surface area contributed by atoms with Crippen molar-refractivity contribution < 1.29 is 9.53 Å². The summed E-state index contributed by atoms with van der Waals surface area (Å²) in [6.45, 7) is 5.08. The van der Waals surface area contributed by atoms with Crippen LogP contribution in [0.25, 0.3) is 0 Å². The molecule has 0 aliphatic rings. The van der Waals surface area contributed by atoms with Crippen molar-refractivity contribution in [3.05, 3.63) is 65.7 Å². The number of nitrogens with one attached hydrogen (secondary N) is 1. The Morgan fingerprint density at radius 2 is 1.42 bits per heavy atom. The Hall–Kier alpha value is -2.62. The van der Waals surface area contributed by atoms with Crippen LogP contribution >= 0.6 is 0 Å². The summed E-state index contributed by atoms with van der Waals surface area (Å²) in [5, 5.41) is 4.37. The number of hydrogen-bond acceptors (Lipinski definition) is 3. The van der Waals surface area contributed by atoms with Crippen molar-refractivity contribution in [1.82, 2.24) is 5.43 Å². The van der Waals surface area contributed by atoms with Gasteiger partial charge in [0.2, 0.25) is 0 Å². The van der Waals surface area contributed by atoms with Gasteiger partial charge >= 0.3 is 0 Å². The Morgan fingerprint density at radius 3 is 2.06 bits per heavy atom. The van der Waals surface area contributed by atoms with Gasteiger partial charge in [-0.1, -0.05) is 95.5 Å². The summed E-state index contributed by atoms with van der Waals surface area (Å²) >= 11 is 0. The Bertz CT molecular complexity index is 770. The lowest BCUT2D eigenvalue weighted by molar-refractivity contribution is 0.0954. The number of ether oxygens (including phenoxy) is 1. The minimum absolute atomic E-state index is 0.209. The zero-order valence-corrected chi connectivity index (χ0v) is 19.2. The molecule has 1 N–H and O–H groups in total. The lowest BCUT2D eigenvalue weighted by Crippen LogP contribution is -2.20. The number of carbonyl (C=O) groups excluding carboxylic acids is 1. The molecule has 2 rings (SSSR count). The maximum atomic E-state index is 12.5. The van der Waals surface area contributed by atoms with E-state index >= 15 is 0 Å². The van der Waals surface area contributed by atoms with Gasteiger partial charge in [-0.05, 0) is 42.7 Å². The lowest BCUT2D eigenvalue weighted by atomic mass is 10.1. The quantitative estimate of drug-likeness (QED) is 0.188. The molecule has 0 bridgehead atoms. The van der Waals surface area contributed by atoms with Gasteiger partial charge in [0.25, 0.3) is 5.91 Å². The minimum Gasteiger partial charge on any atom is -0.494 e. The van der Waals surface area contributed by atoms with E-state index in [2.05, 4.69) is 24.4 Å². The molecule has 0 fully saturated rings. The third kappa shape index (κ3) is 9.82. The Morgan fingerprint density at radius 1 is 0.774 bits per heavy atom. The molecule has 0 heterocycles. The van der Waals surface area contributed by atoms with Gasteiger partial charge < -0.3 is 4.74 Å². The van der Waals surface area contributed by atoms with E-state index in [0.717, 1.165) is 42.9 Å². The SMILES string of the molecule is CCCCCCCCCCOc1ccc(C(=O)N/N=C(\CCC)c2ccccc2)cc1. The van der Waals surface area contributed by atoms with Crippen molar-refractivity contribution >= 4 is 11.6 Å². The molecule has 4 nitrogen and oxygen atoms in total. The molecule has 0 saturated heterocycles. The monoisotopic (exact) mass is 422 g/mol. The number of carbonyl (C=O) groups is 1. The molecule has 2 aromatic rings. The zero-order valence-electron chi connectivity index (χ0n) is 19.2. The fourth-order valence-corrected chi connectivity index (χ4v) is 3.44. The highest BCUT2D eigenvalue weighted by Gasteiger charge is 2.07. The van der Waals surface area contributed by atoms with Gasteiger partial charge in [-0.3, -0.25) is 4.79 Å². The average Bonchev–Trinajstić information content (AvgIpc) is 2.81. The Kier molecular flexibility index (Phi) is 12.1. The second-order valence-corrected chi connectivity index (χ2v) is 7.96. The summed E-state index contributed by atoms with van der Waals surface area (Å²) in [5.74, 6) is 0.595. The summed E-state index contributed by atoms with van der Waals surface area (Å²) in [7, 11) is 0. The summed E-state index contributed by atoms with van der Waals surface area (Å²) in [4.78, 5) is 12.5. The second-order valence-electron chi connectivity index (χ2n) is 7.96. The number of rotatable bonds is 15. The highest BCUT2D eigenvalue weighted by Crippen LogP contribution is 2.14. The van der Waals surface area contributed by atoms with Crippen LogP contribution in [0.2, 0.25) is 0 Å². The number of hydrazone groups is 1. The fourth-order valence-electron chi connectivity index (χ4n) is 3.44. The smallest absolute Gasteiger partial charge is 0.271 e. The number of amides is 1. The summed E-state index contributed by atoms with van der Waals surface area (Å²) in [6.07, 6.45) is 12.1. The van der Waals surface area contributed by atoms with Gasteiger partial charge in [0, 0.05) is 5.56 Å². The summed E-state index contributed by atoms with van der Waals surface area (Å²) < 4.78 is 5.81. The van der Waals surface area contributed by atoms with Crippen LogP contribution < -0.4 is 10.2 Å². The number of nitrogens with zero attached hydrogens (tertiary/aromatic N) is 1. The van der Waals surface area contributed by atoms with Crippen LogP contribution in [0.5, 0.6) is 5.75 Å². The van der Waals surface area contributed by atoms with Gasteiger partial charge in [-0.25, -0.2) is 5.43 Å². The molecule has 0 aliphatic heterocycles. The van der Waals surface area contributed by atoms with Gasteiger partial charge in [0.15, 0.2) is 0 Å². The van der Waals surface area contributed by atoms with Crippen molar-refractivity contribution in [2.45, 2.75) is 78.1 Å². The molecule has 168 valence electrons. The van der Waals surface area contributed by atoms with E-state index in [4.69, 9.17) is 4.74 Å². The molecule has 0 saturated carbocycles. The van der Waals surface area contributed by atoms with Crippen LogP contribution in [0.4, 0.5) is 0 Å². The molecule has 31 heavy (non-hydrogen) atoms. The maximum absolute atomic E-state index is 12.5. The Labute approximate surface area is 188 Å². The van der Waals surface area contributed by atoms with Crippen molar-refractivity contribution in [3.63, 3.8) is 0 Å². The third-order valence-corrected chi connectivity index (χ3v) is 5.27. The first-order valence-electron chi connectivity index (χ1n) is 11.9. The van der Waals surface area contributed by atoms with E-state index in [9.17, 15) is 4.79 Å². The lowest BCUT2D eigenvalue weighted by Gasteiger charge is -2.08. The highest BCUT2D eigenvalue weighted by atomic mass is 16.5. The molecule has 1 amide bonds. The van der Waals surface area contributed by atoms with Crippen molar-refractivity contribution in [2.24, 2.45) is 5.10 Å². The van der Waals surface area contributed by atoms with Crippen LogP contribution in [-0.4, -0.2) is 18.2 Å². The molecule has 0 aliphatic carbocycles. The van der Waals surface area contributed by atoms with E-state index in [1.807, 2.05) is 42.5 Å². The van der Waals surface area contributed by atoms with Gasteiger partial charge in [0.05, 0.1) is 12.3 Å². The summed E-state index contributed by atoms with van der Waals surface area (Å²) in [5.41, 5.74) is 5.20. The van der Waals surface area contributed by atoms with E-state index in [1.54, 1.807) is 12.1 Å². The normalized spacial score (nSPS) is 11.4. The van der Waals surface area contributed by atoms with Crippen LogP contribution in [0.15, 0.2) is 59.7 Å². The number of hydrogen-bond donors (Lipinski definition) is 1. The maximum Gasteiger partial charge on any atom is 0.271 e. The van der Waals surface area contributed by atoms with E-state index in [-0.39, 0.29) is 5.91 Å². The molecular weight excluding hydrogens is 384 g/mol. The standard InChI is InChI=1S/C27H38N2O2/c1-3-5-6-7-8-9-10-14-22-31-25-20-18-24(19-21-25)27(30)29-28-26(15-4-2)23-16-12-11-13-17-23/h11-13,16-21H,3-10,14-15,22H2,1-2H3,(H,29,30)/b28-26+. The van der Waals surface area contributed by atoms with E-state index < -0.39 is 0 Å². The first kappa shape index (κ1) is 24.6. The minimum atomic E-state index is -0.209. The van der Waals surface area contributed by atoms with Crippen LogP contribution in [-0.2, 0) is 0 Å². The second kappa shape index (κ2) is 15.2. The molecule has 0 spiro atoms. The molecular formula is C27H38N2O2. The van der Waals surface area contributed by atoms with Crippen molar-refractivity contribution in [3.8, 4) is 5.75 Å². The van der Waals surface area contributed by atoms with Gasteiger partial charge in [-0.15, -0.1) is 0 Å². The van der Waals surface area contributed by atoms with Gasteiger partial charge in [-0.2, -0.15) is 5.10 Å². The van der Waals surface area contributed by atoms with Crippen molar-refractivity contribution in [1.29, 1.82) is 0 Å². The molecule has 0 atom stereocenters. The van der Waals surface area contributed by atoms with Gasteiger partial charge in [0.1, 0.15) is 5.75 Å². The van der Waals surface area contributed by atoms with E-state index in [0.29, 0.717) is 5.56 Å². The molecule has 4 heteroatoms. The first-order chi connectivity index (χ1) is 15.2. The van der Waals surface area contributed by atoms with Crippen LogP contribution in [0.3, 0.4) is 0 Å². The number of benzene rings is 2. The predicted octanol–water partition coefficient (Wildman–Crippen LogP) is 7.14. The molecule has 2 aromatic carbocycles. The van der Waals surface area contributed by atoms with Crippen molar-refractivity contribution in [2.75, 3.05) is 6.61 Å². The fraction of sp³-hybridized carbons (Fsp3) is 0.481. The number of unbranched alkanes of at least 4 members (excludes halogenated alkanes) is 7. The summed E-state index contributed by atoms with van der Waals surface area (Å²) in [6, 6.07) is 17.2. The molecule has 0 radical (unpaired) electrons. The average molecular weight is 423 g/mol. The van der Waals surface area contributed by atoms with Crippen LogP contribution in [0, 0.1) is 0 Å². The largest absolute Gasteiger partial charge is 0.494 e. The third-order valence-electron chi connectivity index (χ3n) is 5.27. The first-order valence-corrected chi connectivity index (χ1v) is 11.9. The Balaban J connectivity index is 1.73.